The van der Waals surface area contributed by atoms with E-state index in [0.717, 1.165) is 0 Å². The van der Waals surface area contributed by atoms with E-state index in [-0.39, 0.29) is 19.0 Å². The van der Waals surface area contributed by atoms with Crippen molar-refractivity contribution in [2.24, 2.45) is 5.41 Å². The zero-order chi connectivity index (χ0) is 23.8. The van der Waals surface area contributed by atoms with E-state index in [2.05, 4.69) is 20.8 Å². The summed E-state index contributed by atoms with van der Waals surface area (Å²) in [7, 11) is 0. The van der Waals surface area contributed by atoms with Crippen molar-refractivity contribution in [1.82, 2.24) is 25.8 Å². The Kier molecular flexibility index (Phi) is 4.45. The van der Waals surface area contributed by atoms with Gasteiger partial charge in [0.2, 0.25) is 17.4 Å². The number of carbonyl (C=O) groups excluding carboxylic acids is 3. The molecule has 176 valence electrons. The summed E-state index contributed by atoms with van der Waals surface area (Å²) in [5.41, 5.74) is 1.18. The van der Waals surface area contributed by atoms with Crippen LogP contribution in [0, 0.1) is 5.41 Å². The van der Waals surface area contributed by atoms with Crippen LogP contribution in [0.2, 0.25) is 5.02 Å². The number of pyridine rings is 2. The summed E-state index contributed by atoms with van der Waals surface area (Å²) < 4.78 is 11.6. The van der Waals surface area contributed by atoms with Gasteiger partial charge in [0.1, 0.15) is 16.2 Å². The Morgan fingerprint density at radius 2 is 2.00 bits per heavy atom. The number of fused-ring (bicyclic) bond motifs is 5. The number of barbiturate groups is 1. The largest absolute Gasteiger partial charge is 0.372 e. The van der Waals surface area contributed by atoms with Crippen LogP contribution in [0.25, 0.3) is 22.4 Å². The summed E-state index contributed by atoms with van der Waals surface area (Å²) >= 11 is 6.87. The van der Waals surface area contributed by atoms with Crippen molar-refractivity contribution >= 4 is 46.2 Å². The van der Waals surface area contributed by atoms with Crippen LogP contribution in [0.1, 0.15) is 21.0 Å². The molecular formula is C22H21ClN6O5. The van der Waals surface area contributed by atoms with Gasteiger partial charge in [-0.05, 0) is 26.0 Å². The predicted molar refractivity (Wildman–Crippen MR) is 121 cm³/mol. The first-order valence-electron chi connectivity index (χ1n) is 10.8. The minimum Gasteiger partial charge on any atom is -0.372 e. The number of hydrogen-bond acceptors (Lipinski definition) is 9. The molecule has 34 heavy (non-hydrogen) atoms. The van der Waals surface area contributed by atoms with Crippen molar-refractivity contribution in [2.45, 2.75) is 38.5 Å². The van der Waals surface area contributed by atoms with Crippen LogP contribution in [0.3, 0.4) is 0 Å². The van der Waals surface area contributed by atoms with E-state index in [1.807, 2.05) is 17.9 Å². The Balaban J connectivity index is 0.00000253. The zero-order valence-electron chi connectivity index (χ0n) is 18.2. The molecule has 3 aliphatic rings. The molecule has 4 amide bonds. The molecule has 1 spiro atoms. The third kappa shape index (κ3) is 2.74. The maximum absolute atomic E-state index is 13.3. The summed E-state index contributed by atoms with van der Waals surface area (Å²) in [6.07, 6.45) is 2.46. The zero-order valence-corrected chi connectivity index (χ0v) is 18.9. The lowest BCUT2D eigenvalue weighted by Gasteiger charge is -2.55. The lowest BCUT2D eigenvalue weighted by atomic mass is 9.67. The Morgan fingerprint density at radius 3 is 2.71 bits per heavy atom. The smallest absolute Gasteiger partial charge is 0.328 e. The van der Waals surface area contributed by atoms with Gasteiger partial charge in [-0.25, -0.2) is 9.78 Å². The fraction of sp³-hybridized carbons (Fsp3) is 0.364. The average molecular weight is 485 g/mol. The number of anilines is 1. The number of imide groups is 2. The highest BCUT2D eigenvalue weighted by molar-refractivity contribution is 6.38. The van der Waals surface area contributed by atoms with Gasteiger partial charge in [0.25, 0.3) is 0 Å². The Bertz CT molecular complexity index is 1360. The number of amides is 4. The Morgan fingerprint density at radius 1 is 1.24 bits per heavy atom. The van der Waals surface area contributed by atoms with E-state index >= 15 is 0 Å². The molecule has 0 radical (unpaired) electrons. The van der Waals surface area contributed by atoms with Gasteiger partial charge in [0, 0.05) is 32.3 Å². The Hall–Kier alpha value is -3.57. The van der Waals surface area contributed by atoms with Crippen molar-refractivity contribution < 1.29 is 25.1 Å². The quantitative estimate of drug-likeness (QED) is 0.496. The highest BCUT2D eigenvalue weighted by Gasteiger charge is 2.63. The highest BCUT2D eigenvalue weighted by Crippen LogP contribution is 2.50. The summed E-state index contributed by atoms with van der Waals surface area (Å²) in [4.78, 5) is 49.3. The summed E-state index contributed by atoms with van der Waals surface area (Å²) in [5.74, 6) is -1.38. The second-order valence-corrected chi connectivity index (χ2v) is 9.18. The highest BCUT2D eigenvalue weighted by atomic mass is 35.5. The Labute approximate surface area is 199 Å². The monoisotopic (exact) mass is 484 g/mol. The molecule has 0 aromatic carbocycles. The van der Waals surface area contributed by atoms with Crippen LogP contribution >= 0.6 is 11.6 Å². The fourth-order valence-electron chi connectivity index (χ4n) is 5.45. The van der Waals surface area contributed by atoms with E-state index in [1.54, 1.807) is 25.4 Å². The first-order chi connectivity index (χ1) is 16.3. The number of carbonyl (C=O) groups is 3. The van der Waals surface area contributed by atoms with Gasteiger partial charge in [-0.2, -0.15) is 0 Å². The van der Waals surface area contributed by atoms with Crippen LogP contribution in [-0.4, -0.2) is 57.8 Å². The standard InChI is InChI=1S/C22H19ClN6O5.H2/c1-9-8-29-16-12(6-22(18(29)10(2)33-9)19(30)26-21(32)27-20(22)31)25-15-14(11-4-3-5-24-7-11)28-34-17(15)13(16)23;/h3-5,7,9-10,18H,6,8H2,1-2H3,(H2,26,27,30,31,32);1H/t9-,10+,18-;/m1./s1. The van der Waals surface area contributed by atoms with Crippen molar-refractivity contribution in [3.8, 4) is 11.3 Å². The van der Waals surface area contributed by atoms with Crippen LogP contribution in [0.15, 0.2) is 29.0 Å². The number of ether oxygens (including phenoxy) is 1. The summed E-state index contributed by atoms with van der Waals surface area (Å²) in [6, 6.07) is 2.01. The van der Waals surface area contributed by atoms with Crippen molar-refractivity contribution in [3.63, 3.8) is 0 Å². The molecule has 12 heteroatoms. The first kappa shape index (κ1) is 21.0. The maximum atomic E-state index is 13.3. The number of aromatic nitrogens is 3. The van der Waals surface area contributed by atoms with E-state index in [0.29, 0.717) is 40.3 Å². The molecule has 3 atom stereocenters. The number of nitrogens with zero attached hydrogens (tertiary/aromatic N) is 4. The maximum Gasteiger partial charge on any atom is 0.328 e. The minimum absolute atomic E-state index is 0. The molecule has 2 N–H and O–H groups in total. The topological polar surface area (TPSA) is 140 Å². The lowest BCUT2D eigenvalue weighted by molar-refractivity contribution is -0.153. The number of nitrogens with one attached hydrogen (secondary N) is 2. The van der Waals surface area contributed by atoms with E-state index in [9.17, 15) is 14.4 Å². The van der Waals surface area contributed by atoms with E-state index in [1.165, 1.54) is 0 Å². The van der Waals surface area contributed by atoms with Crippen LogP contribution < -0.4 is 15.5 Å². The number of halogens is 1. The molecule has 3 aliphatic heterocycles. The molecule has 2 saturated heterocycles. The number of hydrogen-bond donors (Lipinski definition) is 2. The first-order valence-corrected chi connectivity index (χ1v) is 11.2. The van der Waals surface area contributed by atoms with E-state index in [4.69, 9.17) is 25.8 Å². The van der Waals surface area contributed by atoms with Gasteiger partial charge in [0.05, 0.1) is 29.6 Å². The van der Waals surface area contributed by atoms with Gasteiger partial charge in [-0.15, -0.1) is 0 Å². The second kappa shape index (κ2) is 7.21. The predicted octanol–water partition coefficient (Wildman–Crippen LogP) is 2.07. The fourth-order valence-corrected chi connectivity index (χ4v) is 5.79. The van der Waals surface area contributed by atoms with E-state index < -0.39 is 35.4 Å². The normalized spacial score (nSPS) is 25.7. The van der Waals surface area contributed by atoms with Gasteiger partial charge in [-0.1, -0.05) is 16.8 Å². The lowest BCUT2D eigenvalue weighted by Crippen LogP contribution is -2.75. The number of urea groups is 1. The SMILES string of the molecule is C[C@@H]1CN2c3c(nc4c(-c5cccnc5)noc4c3Cl)CC3(C(=O)NC(=O)NC3=O)[C@H]2[C@H](C)O1.[HH]. The number of morpholine rings is 1. The molecule has 0 aliphatic carbocycles. The minimum atomic E-state index is -1.64. The molecule has 2 fully saturated rings. The molecule has 0 bridgehead atoms. The van der Waals surface area contributed by atoms with Crippen LogP contribution in [0.5, 0.6) is 0 Å². The molecule has 6 heterocycles. The van der Waals surface area contributed by atoms with Crippen molar-refractivity contribution in [2.75, 3.05) is 11.4 Å². The van der Waals surface area contributed by atoms with Crippen molar-refractivity contribution in [1.29, 1.82) is 0 Å². The second-order valence-electron chi connectivity index (χ2n) is 8.81. The molecule has 0 saturated carbocycles. The third-order valence-corrected chi connectivity index (χ3v) is 7.06. The third-order valence-electron chi connectivity index (χ3n) is 6.71. The molecule has 11 nitrogen and oxygen atoms in total. The number of rotatable bonds is 1. The van der Waals surface area contributed by atoms with Crippen molar-refractivity contribution in [3.05, 3.63) is 35.2 Å². The van der Waals surface area contributed by atoms with Gasteiger partial charge in [0.15, 0.2) is 5.41 Å². The van der Waals surface area contributed by atoms with Gasteiger partial charge >= 0.3 is 6.03 Å². The van der Waals surface area contributed by atoms with Gasteiger partial charge in [-0.3, -0.25) is 25.2 Å². The summed E-state index contributed by atoms with van der Waals surface area (Å²) in [5, 5.41) is 8.97. The molecule has 6 rings (SSSR count). The van der Waals surface area contributed by atoms with Crippen LogP contribution in [0.4, 0.5) is 10.5 Å². The average Bonchev–Trinajstić information content (AvgIpc) is 3.21. The summed E-state index contributed by atoms with van der Waals surface area (Å²) in [6.45, 7) is 4.05. The molecule has 3 aromatic heterocycles. The van der Waals surface area contributed by atoms with Crippen LogP contribution in [-0.2, 0) is 20.7 Å². The van der Waals surface area contributed by atoms with Gasteiger partial charge < -0.3 is 14.2 Å². The molecule has 3 aromatic rings. The molecular weight excluding hydrogens is 464 g/mol. The molecule has 0 unspecified atom stereocenters.